The summed E-state index contributed by atoms with van der Waals surface area (Å²) in [6, 6.07) is 0. The first-order chi connectivity index (χ1) is 7.13. The lowest BCUT2D eigenvalue weighted by Crippen LogP contribution is -2.24. The molecule has 3 atom stereocenters. The fourth-order valence-electron chi connectivity index (χ4n) is 1.92. The average Bonchev–Trinajstić information content (AvgIpc) is 2.22. The number of allylic oxidation sites excluding steroid dienone is 1. The summed E-state index contributed by atoms with van der Waals surface area (Å²) in [4.78, 5) is 11.5. The maximum absolute atomic E-state index is 11.5. The second kappa shape index (κ2) is 5.94. The van der Waals surface area contributed by atoms with Crippen LogP contribution in [0, 0.1) is 11.8 Å². The van der Waals surface area contributed by atoms with Crippen LogP contribution in [0.25, 0.3) is 0 Å². The summed E-state index contributed by atoms with van der Waals surface area (Å²) >= 11 is 0. The van der Waals surface area contributed by atoms with Crippen LogP contribution in [-0.4, -0.2) is 12.1 Å². The number of hydrogen-bond donors (Lipinski definition) is 0. The smallest absolute Gasteiger partial charge is 0.306 e. The summed E-state index contributed by atoms with van der Waals surface area (Å²) in [5.41, 5.74) is 0. The van der Waals surface area contributed by atoms with Gasteiger partial charge in [0.25, 0.3) is 0 Å². The van der Waals surface area contributed by atoms with Gasteiger partial charge in [-0.3, -0.25) is 4.79 Å². The van der Waals surface area contributed by atoms with E-state index in [1.807, 2.05) is 0 Å². The van der Waals surface area contributed by atoms with Crippen LogP contribution in [-0.2, 0) is 9.53 Å². The van der Waals surface area contributed by atoms with E-state index in [9.17, 15) is 4.79 Å². The molecular weight excluding hydrogens is 188 g/mol. The summed E-state index contributed by atoms with van der Waals surface area (Å²) in [5, 5.41) is 0. The molecule has 1 rings (SSSR count). The molecule has 0 amide bonds. The van der Waals surface area contributed by atoms with Crippen molar-refractivity contribution in [2.24, 2.45) is 11.8 Å². The van der Waals surface area contributed by atoms with Crippen LogP contribution in [0.4, 0.5) is 0 Å². The van der Waals surface area contributed by atoms with Crippen molar-refractivity contribution in [3.63, 3.8) is 0 Å². The van der Waals surface area contributed by atoms with E-state index < -0.39 is 0 Å². The summed E-state index contributed by atoms with van der Waals surface area (Å²) in [7, 11) is 0. The van der Waals surface area contributed by atoms with Gasteiger partial charge in [-0.2, -0.15) is 0 Å². The molecule has 0 fully saturated rings. The molecule has 0 saturated heterocycles. The average molecular weight is 210 g/mol. The van der Waals surface area contributed by atoms with Gasteiger partial charge in [0.15, 0.2) is 0 Å². The van der Waals surface area contributed by atoms with E-state index in [0.717, 1.165) is 19.3 Å². The number of esters is 1. The first-order valence-electron chi connectivity index (χ1n) is 5.99. The number of carbonyl (C=O) groups excluding carboxylic acids is 1. The lowest BCUT2D eigenvalue weighted by atomic mass is 9.96. The second-order valence-corrected chi connectivity index (χ2v) is 4.60. The molecule has 0 aliphatic carbocycles. The molecule has 0 aromatic carbocycles. The van der Waals surface area contributed by atoms with Crippen molar-refractivity contribution >= 4 is 5.97 Å². The van der Waals surface area contributed by atoms with Gasteiger partial charge in [-0.1, -0.05) is 32.9 Å². The molecule has 0 saturated carbocycles. The Morgan fingerprint density at radius 2 is 2.20 bits per heavy atom. The highest BCUT2D eigenvalue weighted by Crippen LogP contribution is 2.19. The molecular formula is C13H22O2. The zero-order chi connectivity index (χ0) is 11.3. The number of carbonyl (C=O) groups is 1. The van der Waals surface area contributed by atoms with Gasteiger partial charge >= 0.3 is 5.97 Å². The largest absolute Gasteiger partial charge is 0.462 e. The number of ether oxygens (including phenoxy) is 1. The van der Waals surface area contributed by atoms with Crippen LogP contribution in [0.1, 0.15) is 46.5 Å². The molecule has 1 aliphatic rings. The van der Waals surface area contributed by atoms with Crippen molar-refractivity contribution in [3.8, 4) is 0 Å². The Morgan fingerprint density at radius 3 is 2.87 bits per heavy atom. The van der Waals surface area contributed by atoms with Crippen LogP contribution < -0.4 is 0 Å². The topological polar surface area (TPSA) is 26.3 Å². The Balaban J connectivity index is 2.66. The van der Waals surface area contributed by atoms with Gasteiger partial charge in [0.2, 0.25) is 0 Å². The first-order valence-corrected chi connectivity index (χ1v) is 5.99. The molecule has 0 radical (unpaired) electrons. The van der Waals surface area contributed by atoms with E-state index in [1.54, 1.807) is 0 Å². The first kappa shape index (κ1) is 12.3. The predicted molar refractivity (Wildman–Crippen MR) is 61.5 cm³/mol. The molecule has 0 aromatic rings. The van der Waals surface area contributed by atoms with Crippen LogP contribution in [0.3, 0.4) is 0 Å². The van der Waals surface area contributed by atoms with E-state index in [4.69, 9.17) is 4.74 Å². The number of hydrogen-bond acceptors (Lipinski definition) is 2. The highest BCUT2D eigenvalue weighted by molar-refractivity contribution is 5.69. The number of cyclic esters (lactones) is 1. The van der Waals surface area contributed by atoms with Crippen LogP contribution in [0.5, 0.6) is 0 Å². The molecule has 1 aliphatic heterocycles. The SMILES string of the molecule is CC[C@@H]1OC(=O)CC[C@H](C)C/C=C\[C@@H]1C. The van der Waals surface area contributed by atoms with Crippen molar-refractivity contribution < 1.29 is 9.53 Å². The number of rotatable bonds is 1. The quantitative estimate of drug-likeness (QED) is 0.490. The van der Waals surface area contributed by atoms with Gasteiger partial charge in [0.05, 0.1) is 0 Å². The van der Waals surface area contributed by atoms with Gasteiger partial charge < -0.3 is 4.74 Å². The van der Waals surface area contributed by atoms with Gasteiger partial charge in [-0.05, 0) is 25.2 Å². The van der Waals surface area contributed by atoms with Gasteiger partial charge in [-0.15, -0.1) is 0 Å². The fourth-order valence-corrected chi connectivity index (χ4v) is 1.92. The normalized spacial score (nSPS) is 35.7. The fraction of sp³-hybridized carbons (Fsp3) is 0.769. The molecule has 2 nitrogen and oxygen atoms in total. The van der Waals surface area contributed by atoms with E-state index >= 15 is 0 Å². The Bertz CT molecular complexity index is 233. The maximum Gasteiger partial charge on any atom is 0.306 e. The van der Waals surface area contributed by atoms with Crippen molar-refractivity contribution in [1.82, 2.24) is 0 Å². The van der Waals surface area contributed by atoms with Crippen molar-refractivity contribution in [3.05, 3.63) is 12.2 Å². The van der Waals surface area contributed by atoms with E-state index in [1.165, 1.54) is 0 Å². The molecule has 0 N–H and O–H groups in total. The molecule has 0 bridgehead atoms. The Labute approximate surface area is 92.7 Å². The van der Waals surface area contributed by atoms with E-state index in [0.29, 0.717) is 18.3 Å². The van der Waals surface area contributed by atoms with Crippen molar-refractivity contribution in [2.45, 2.75) is 52.6 Å². The highest BCUT2D eigenvalue weighted by atomic mass is 16.5. The van der Waals surface area contributed by atoms with E-state index in [-0.39, 0.29) is 12.1 Å². The molecule has 2 heteroatoms. The molecule has 1 heterocycles. The van der Waals surface area contributed by atoms with Gasteiger partial charge in [0, 0.05) is 12.3 Å². The minimum absolute atomic E-state index is 0.0316. The lowest BCUT2D eigenvalue weighted by Gasteiger charge is -2.22. The monoisotopic (exact) mass is 210 g/mol. The summed E-state index contributed by atoms with van der Waals surface area (Å²) in [6.45, 7) is 6.36. The predicted octanol–water partition coefficient (Wildman–Crippen LogP) is 3.32. The summed E-state index contributed by atoms with van der Waals surface area (Å²) in [5.74, 6) is 0.888. The second-order valence-electron chi connectivity index (χ2n) is 4.60. The molecule has 0 unspecified atom stereocenters. The van der Waals surface area contributed by atoms with Gasteiger partial charge in [0.1, 0.15) is 6.10 Å². The third kappa shape index (κ3) is 4.06. The standard InChI is InChI=1S/C13H22O2/c1-4-12-11(3)7-5-6-10(2)8-9-13(14)15-12/h5,7,10-12H,4,6,8-9H2,1-3H3/b7-5-/t10-,11+,12+/m1/s1. The molecule has 0 aromatic heterocycles. The van der Waals surface area contributed by atoms with E-state index in [2.05, 4.69) is 32.9 Å². The zero-order valence-electron chi connectivity index (χ0n) is 10.0. The van der Waals surface area contributed by atoms with Crippen molar-refractivity contribution in [2.75, 3.05) is 0 Å². The minimum atomic E-state index is -0.0316. The summed E-state index contributed by atoms with van der Waals surface area (Å²) in [6.07, 6.45) is 7.95. The maximum atomic E-state index is 11.5. The molecule has 15 heavy (non-hydrogen) atoms. The van der Waals surface area contributed by atoms with Crippen LogP contribution in [0.2, 0.25) is 0 Å². The minimum Gasteiger partial charge on any atom is -0.462 e. The van der Waals surface area contributed by atoms with Gasteiger partial charge in [-0.25, -0.2) is 0 Å². The Kier molecular flexibility index (Phi) is 4.86. The molecule has 0 spiro atoms. The third-order valence-electron chi connectivity index (χ3n) is 3.09. The summed E-state index contributed by atoms with van der Waals surface area (Å²) < 4.78 is 5.45. The lowest BCUT2D eigenvalue weighted by molar-refractivity contribution is -0.151. The highest BCUT2D eigenvalue weighted by Gasteiger charge is 2.19. The van der Waals surface area contributed by atoms with Crippen LogP contribution >= 0.6 is 0 Å². The Hall–Kier alpha value is -0.790. The van der Waals surface area contributed by atoms with Crippen LogP contribution in [0.15, 0.2) is 12.2 Å². The zero-order valence-corrected chi connectivity index (χ0v) is 10.0. The Morgan fingerprint density at radius 1 is 1.47 bits per heavy atom. The van der Waals surface area contributed by atoms with Crippen molar-refractivity contribution in [1.29, 1.82) is 0 Å². The molecule has 86 valence electrons. The third-order valence-corrected chi connectivity index (χ3v) is 3.09.